The van der Waals surface area contributed by atoms with Gasteiger partial charge in [-0.3, -0.25) is 0 Å². The Morgan fingerprint density at radius 1 is 1.25 bits per heavy atom. The number of allylic oxidation sites excluding steroid dienone is 5. The van der Waals surface area contributed by atoms with Crippen molar-refractivity contribution < 1.29 is 32.6 Å². The predicted octanol–water partition coefficient (Wildman–Crippen LogP) is 2.80. The molecule has 0 spiro atoms. The molecule has 1 rings (SSSR count). The Bertz CT molecular complexity index is 235. The zero-order chi connectivity index (χ0) is 8.48. The van der Waals surface area contributed by atoms with Crippen molar-refractivity contribution in [1.29, 1.82) is 0 Å². The van der Waals surface area contributed by atoms with Crippen molar-refractivity contribution >= 4 is 0 Å². The van der Waals surface area contributed by atoms with Crippen LogP contribution in [0.2, 0.25) is 0 Å². The number of hydrogen-bond acceptors (Lipinski definition) is 0. The van der Waals surface area contributed by atoms with Gasteiger partial charge >= 0.3 is 6.18 Å². The molecule has 4 heteroatoms. The van der Waals surface area contributed by atoms with E-state index in [1.807, 2.05) is 0 Å². The molecule has 0 unspecified atom stereocenters. The van der Waals surface area contributed by atoms with Crippen LogP contribution in [0.3, 0.4) is 0 Å². The molecule has 0 fully saturated rings. The fourth-order valence-electron chi connectivity index (χ4n) is 0.748. The van der Waals surface area contributed by atoms with Gasteiger partial charge in [0.15, 0.2) is 0 Å². The number of rotatable bonds is 0. The number of hydrogen-bond donors (Lipinski definition) is 0. The minimum absolute atomic E-state index is 0. The van der Waals surface area contributed by atoms with Gasteiger partial charge in [-0.1, -0.05) is 24.8 Å². The topological polar surface area (TPSA) is 0 Å². The summed E-state index contributed by atoms with van der Waals surface area (Å²) in [4.78, 5) is 0. The maximum Gasteiger partial charge on any atom is 0.413 e. The Hall–Kier alpha value is -0.367. The summed E-state index contributed by atoms with van der Waals surface area (Å²) in [6.45, 7) is 3.39. The van der Waals surface area contributed by atoms with E-state index in [2.05, 4.69) is 6.58 Å². The Morgan fingerprint density at radius 2 is 1.83 bits per heavy atom. The van der Waals surface area contributed by atoms with Crippen molar-refractivity contribution in [2.24, 2.45) is 0 Å². The van der Waals surface area contributed by atoms with E-state index in [1.54, 1.807) is 0 Å². The third-order valence-corrected chi connectivity index (χ3v) is 1.25. The van der Waals surface area contributed by atoms with Gasteiger partial charge in [0.05, 0.1) is 0 Å². The van der Waals surface area contributed by atoms with Gasteiger partial charge in [0, 0.05) is 31.5 Å². The molecule has 1 radical (unpaired) electrons. The van der Waals surface area contributed by atoms with E-state index in [0.717, 1.165) is 12.5 Å². The van der Waals surface area contributed by atoms with Crippen LogP contribution in [0.4, 0.5) is 13.2 Å². The van der Waals surface area contributed by atoms with Gasteiger partial charge in [-0.05, 0) is 5.57 Å². The largest absolute Gasteiger partial charge is 0.413 e. The zero-order valence-corrected chi connectivity index (χ0v) is 9.32. The molecule has 1 aliphatic carbocycles. The maximum absolute atomic E-state index is 11.9. The van der Waals surface area contributed by atoms with Crippen molar-refractivity contribution in [3.05, 3.63) is 42.4 Å². The van der Waals surface area contributed by atoms with Crippen molar-refractivity contribution in [3.8, 4) is 0 Å². The molecular weight excluding hydrogens is 218 g/mol. The molecule has 12 heavy (non-hydrogen) atoms. The van der Waals surface area contributed by atoms with Crippen molar-refractivity contribution in [1.82, 2.24) is 0 Å². The van der Waals surface area contributed by atoms with Crippen molar-refractivity contribution in [2.45, 2.75) is 6.18 Å². The molecule has 0 bridgehead atoms. The summed E-state index contributed by atoms with van der Waals surface area (Å²) in [6, 6.07) is 0. The summed E-state index contributed by atoms with van der Waals surface area (Å²) in [5.74, 6) is 0. The van der Waals surface area contributed by atoms with Gasteiger partial charge in [0.1, 0.15) is 0 Å². The summed E-state index contributed by atoms with van der Waals surface area (Å²) in [6.07, 6.45) is 0.642. The van der Waals surface area contributed by atoms with E-state index in [0.29, 0.717) is 5.57 Å². The Balaban J connectivity index is 0.00000121. The van der Waals surface area contributed by atoms with Crippen molar-refractivity contribution in [3.63, 3.8) is 0 Å². The van der Waals surface area contributed by atoms with E-state index < -0.39 is 11.7 Å². The third kappa shape index (κ3) is 2.94. The first-order chi connectivity index (χ1) is 5.00. The standard InChI is InChI=1S/C8H6F3.Zn/c1-6-3-2-4-7(5-6)8(9,10)11;/h2-5H,1H2;. The van der Waals surface area contributed by atoms with Gasteiger partial charge < -0.3 is 0 Å². The van der Waals surface area contributed by atoms with Gasteiger partial charge in [0.2, 0.25) is 0 Å². The zero-order valence-electron chi connectivity index (χ0n) is 6.36. The Labute approximate surface area is 81.6 Å². The average Bonchev–Trinajstić information content (AvgIpc) is 1.86. The number of alkyl halides is 3. The molecule has 0 saturated carbocycles. The molecule has 0 amide bonds. The summed E-state index contributed by atoms with van der Waals surface area (Å²) < 4.78 is 35.8. The second kappa shape index (κ2) is 4.04. The molecular formula is C8H6F3Zn. The predicted molar refractivity (Wildman–Crippen MR) is 36.7 cm³/mol. The van der Waals surface area contributed by atoms with Gasteiger partial charge in [0.25, 0.3) is 0 Å². The summed E-state index contributed by atoms with van der Waals surface area (Å²) >= 11 is 0. The Kier molecular flexibility index (Phi) is 3.91. The van der Waals surface area contributed by atoms with Gasteiger partial charge in [-0.2, -0.15) is 13.2 Å². The van der Waals surface area contributed by atoms with Gasteiger partial charge in [-0.25, -0.2) is 0 Å². The summed E-state index contributed by atoms with van der Waals surface area (Å²) in [7, 11) is 0. The van der Waals surface area contributed by atoms with Crippen LogP contribution in [-0.2, 0) is 19.5 Å². The molecule has 61 valence electrons. The van der Waals surface area contributed by atoms with E-state index in [4.69, 9.17) is 0 Å². The van der Waals surface area contributed by atoms with Crippen LogP contribution < -0.4 is 0 Å². The quantitative estimate of drug-likeness (QED) is 0.555. The van der Waals surface area contributed by atoms with E-state index in [1.165, 1.54) is 12.2 Å². The van der Waals surface area contributed by atoms with E-state index >= 15 is 0 Å². The van der Waals surface area contributed by atoms with Gasteiger partial charge in [-0.15, -0.1) is 0 Å². The van der Waals surface area contributed by atoms with Crippen LogP contribution in [0.15, 0.2) is 36.0 Å². The molecule has 0 N–H and O–H groups in total. The molecule has 0 aliphatic heterocycles. The fraction of sp³-hybridized carbons (Fsp3) is 0.125. The molecule has 1 aliphatic rings. The SMILES string of the molecule is C=C1[CH]C(C(F)(F)F)=CC=C1.[Zn]. The number of halogens is 3. The molecule has 0 atom stereocenters. The minimum atomic E-state index is -4.26. The first-order valence-corrected chi connectivity index (χ1v) is 2.99. The second-order valence-corrected chi connectivity index (χ2v) is 2.20. The Morgan fingerprint density at radius 3 is 2.17 bits per heavy atom. The normalized spacial score (nSPS) is 16.9. The molecule has 0 aromatic heterocycles. The first kappa shape index (κ1) is 11.6. The summed E-state index contributed by atoms with van der Waals surface area (Å²) in [5, 5.41) is 0. The summed E-state index contributed by atoms with van der Waals surface area (Å²) in [5.41, 5.74) is -0.273. The van der Waals surface area contributed by atoms with Crippen LogP contribution >= 0.6 is 0 Å². The monoisotopic (exact) mass is 223 g/mol. The molecule has 0 saturated heterocycles. The van der Waals surface area contributed by atoms with Crippen LogP contribution in [0.25, 0.3) is 0 Å². The van der Waals surface area contributed by atoms with Crippen LogP contribution in [0.5, 0.6) is 0 Å². The molecule has 0 aromatic rings. The second-order valence-electron chi connectivity index (χ2n) is 2.20. The maximum atomic E-state index is 11.9. The van der Waals surface area contributed by atoms with Crippen molar-refractivity contribution in [2.75, 3.05) is 0 Å². The first-order valence-electron chi connectivity index (χ1n) is 2.99. The molecule has 0 aromatic carbocycles. The van der Waals surface area contributed by atoms with E-state index in [-0.39, 0.29) is 19.5 Å². The average molecular weight is 225 g/mol. The fourth-order valence-corrected chi connectivity index (χ4v) is 0.748. The van der Waals surface area contributed by atoms with Crippen LogP contribution in [0.1, 0.15) is 0 Å². The van der Waals surface area contributed by atoms with Crippen LogP contribution in [0, 0.1) is 6.42 Å². The van der Waals surface area contributed by atoms with E-state index in [9.17, 15) is 13.2 Å². The molecule has 0 heterocycles. The van der Waals surface area contributed by atoms with Crippen LogP contribution in [-0.4, -0.2) is 6.18 Å². The molecule has 0 nitrogen and oxygen atoms in total. The third-order valence-electron chi connectivity index (χ3n) is 1.25. The minimum Gasteiger partial charge on any atom is -0.166 e. The smallest absolute Gasteiger partial charge is 0.166 e.